The summed E-state index contributed by atoms with van der Waals surface area (Å²) in [6.07, 6.45) is 7.74. The third kappa shape index (κ3) is 2.19. The predicted molar refractivity (Wildman–Crippen MR) is 57.0 cm³/mol. The Morgan fingerprint density at radius 3 is 2.93 bits per heavy atom. The lowest BCUT2D eigenvalue weighted by atomic mass is 9.88. The van der Waals surface area contributed by atoms with E-state index in [2.05, 4.69) is 22.2 Å². The van der Waals surface area contributed by atoms with Crippen molar-refractivity contribution in [2.45, 2.75) is 39.2 Å². The largest absolute Gasteiger partial charge is 0.350 e. The first-order valence-corrected chi connectivity index (χ1v) is 5.46. The van der Waals surface area contributed by atoms with Crippen molar-refractivity contribution in [3.05, 3.63) is 18.2 Å². The number of aromatic nitrogens is 2. The van der Waals surface area contributed by atoms with Gasteiger partial charge in [0.25, 0.3) is 0 Å². The van der Waals surface area contributed by atoms with Gasteiger partial charge in [0.15, 0.2) is 0 Å². The van der Waals surface area contributed by atoms with Gasteiger partial charge in [0.1, 0.15) is 0 Å². The van der Waals surface area contributed by atoms with E-state index in [4.69, 9.17) is 0 Å². The third-order valence-corrected chi connectivity index (χ3v) is 3.25. The maximum atomic E-state index is 11.9. The average molecular weight is 207 g/mol. The SMILES string of the molecule is CC1(C(=O)NCc2cnc[nH]2)CCCC1. The molecule has 1 heterocycles. The number of hydrogen-bond donors (Lipinski definition) is 2. The number of nitrogens with zero attached hydrogens (tertiary/aromatic N) is 1. The van der Waals surface area contributed by atoms with E-state index in [0.29, 0.717) is 6.54 Å². The number of aromatic amines is 1. The van der Waals surface area contributed by atoms with Crippen LogP contribution >= 0.6 is 0 Å². The van der Waals surface area contributed by atoms with Crippen molar-refractivity contribution >= 4 is 5.91 Å². The first-order valence-electron chi connectivity index (χ1n) is 5.46. The van der Waals surface area contributed by atoms with Gasteiger partial charge in [0, 0.05) is 11.6 Å². The van der Waals surface area contributed by atoms with E-state index in [1.807, 2.05) is 0 Å². The van der Waals surface area contributed by atoms with E-state index in [1.54, 1.807) is 12.5 Å². The fraction of sp³-hybridized carbons (Fsp3) is 0.636. The molecule has 4 nitrogen and oxygen atoms in total. The molecular formula is C11H17N3O. The van der Waals surface area contributed by atoms with E-state index in [0.717, 1.165) is 18.5 Å². The molecule has 1 aromatic heterocycles. The molecule has 0 bridgehead atoms. The molecule has 82 valence electrons. The summed E-state index contributed by atoms with van der Waals surface area (Å²) in [7, 11) is 0. The van der Waals surface area contributed by atoms with Crippen LogP contribution in [0.1, 0.15) is 38.3 Å². The van der Waals surface area contributed by atoms with E-state index >= 15 is 0 Å². The Morgan fingerprint density at radius 1 is 1.60 bits per heavy atom. The normalized spacial score (nSPS) is 19.0. The van der Waals surface area contributed by atoms with Gasteiger partial charge in [0.05, 0.1) is 18.6 Å². The Hall–Kier alpha value is -1.32. The van der Waals surface area contributed by atoms with Gasteiger partial charge in [-0.1, -0.05) is 19.8 Å². The molecule has 1 aliphatic rings. The van der Waals surface area contributed by atoms with Crippen LogP contribution in [0, 0.1) is 5.41 Å². The Labute approximate surface area is 89.5 Å². The molecule has 1 aromatic rings. The number of amides is 1. The number of H-pyrrole nitrogens is 1. The molecule has 4 heteroatoms. The van der Waals surface area contributed by atoms with Gasteiger partial charge in [-0.15, -0.1) is 0 Å². The first kappa shape index (κ1) is 10.2. The number of imidazole rings is 1. The van der Waals surface area contributed by atoms with Gasteiger partial charge in [-0.25, -0.2) is 4.98 Å². The van der Waals surface area contributed by atoms with Crippen LogP contribution in [-0.2, 0) is 11.3 Å². The first-order chi connectivity index (χ1) is 7.21. The van der Waals surface area contributed by atoms with E-state index < -0.39 is 0 Å². The molecule has 0 saturated heterocycles. The molecule has 0 aromatic carbocycles. The lowest BCUT2D eigenvalue weighted by Gasteiger charge is -2.21. The minimum atomic E-state index is -0.139. The maximum absolute atomic E-state index is 11.9. The van der Waals surface area contributed by atoms with Crippen LogP contribution in [0.3, 0.4) is 0 Å². The zero-order valence-electron chi connectivity index (χ0n) is 9.05. The summed E-state index contributed by atoms with van der Waals surface area (Å²) in [5.74, 6) is 0.176. The summed E-state index contributed by atoms with van der Waals surface area (Å²) in [4.78, 5) is 18.8. The van der Waals surface area contributed by atoms with Crippen LogP contribution in [0.25, 0.3) is 0 Å². The Kier molecular flexibility index (Phi) is 2.75. The minimum absolute atomic E-state index is 0.139. The molecule has 2 rings (SSSR count). The Balaban J connectivity index is 1.87. The molecule has 0 spiro atoms. The van der Waals surface area contributed by atoms with Crippen LogP contribution in [0.2, 0.25) is 0 Å². The number of hydrogen-bond acceptors (Lipinski definition) is 2. The zero-order valence-corrected chi connectivity index (χ0v) is 9.05. The smallest absolute Gasteiger partial charge is 0.226 e. The van der Waals surface area contributed by atoms with Crippen molar-refractivity contribution in [2.24, 2.45) is 5.41 Å². The van der Waals surface area contributed by atoms with Crippen LogP contribution in [0.5, 0.6) is 0 Å². The van der Waals surface area contributed by atoms with Gasteiger partial charge >= 0.3 is 0 Å². The quantitative estimate of drug-likeness (QED) is 0.791. The Morgan fingerprint density at radius 2 is 2.33 bits per heavy atom. The number of rotatable bonds is 3. The van der Waals surface area contributed by atoms with Gasteiger partial charge in [-0.3, -0.25) is 4.79 Å². The minimum Gasteiger partial charge on any atom is -0.350 e. The van der Waals surface area contributed by atoms with Gasteiger partial charge in [-0.05, 0) is 12.8 Å². The highest BCUT2D eigenvalue weighted by atomic mass is 16.2. The average Bonchev–Trinajstić information content (AvgIpc) is 2.85. The summed E-state index contributed by atoms with van der Waals surface area (Å²) in [6.45, 7) is 2.61. The highest BCUT2D eigenvalue weighted by Gasteiger charge is 2.35. The van der Waals surface area contributed by atoms with Crippen LogP contribution in [0.4, 0.5) is 0 Å². The summed E-state index contributed by atoms with van der Waals surface area (Å²) in [6, 6.07) is 0. The van der Waals surface area contributed by atoms with Crippen molar-refractivity contribution < 1.29 is 4.79 Å². The van der Waals surface area contributed by atoms with E-state index in [9.17, 15) is 4.79 Å². The van der Waals surface area contributed by atoms with Gasteiger partial charge in [0.2, 0.25) is 5.91 Å². The summed E-state index contributed by atoms with van der Waals surface area (Å²) in [5.41, 5.74) is 0.810. The molecule has 1 amide bonds. The second-order valence-electron chi connectivity index (χ2n) is 4.53. The summed E-state index contributed by atoms with van der Waals surface area (Å²) in [5, 5.41) is 2.96. The monoisotopic (exact) mass is 207 g/mol. The predicted octanol–water partition coefficient (Wildman–Crippen LogP) is 1.61. The molecule has 0 aliphatic heterocycles. The topological polar surface area (TPSA) is 57.8 Å². The number of nitrogens with one attached hydrogen (secondary N) is 2. The fourth-order valence-corrected chi connectivity index (χ4v) is 2.15. The molecule has 0 radical (unpaired) electrons. The molecule has 1 aliphatic carbocycles. The van der Waals surface area contributed by atoms with E-state index in [1.165, 1.54) is 12.8 Å². The molecule has 0 atom stereocenters. The fourth-order valence-electron chi connectivity index (χ4n) is 2.15. The van der Waals surface area contributed by atoms with Crippen LogP contribution in [-0.4, -0.2) is 15.9 Å². The zero-order chi connectivity index (χ0) is 10.7. The molecule has 15 heavy (non-hydrogen) atoms. The number of carbonyl (C=O) groups is 1. The third-order valence-electron chi connectivity index (χ3n) is 3.25. The number of carbonyl (C=O) groups excluding carboxylic acids is 1. The van der Waals surface area contributed by atoms with Crippen molar-refractivity contribution in [1.29, 1.82) is 0 Å². The summed E-state index contributed by atoms with van der Waals surface area (Å²) >= 11 is 0. The van der Waals surface area contributed by atoms with Crippen molar-refractivity contribution in [1.82, 2.24) is 15.3 Å². The summed E-state index contributed by atoms with van der Waals surface area (Å²) < 4.78 is 0. The highest BCUT2D eigenvalue weighted by molar-refractivity contribution is 5.82. The van der Waals surface area contributed by atoms with Crippen molar-refractivity contribution in [2.75, 3.05) is 0 Å². The Bertz CT molecular complexity index is 326. The van der Waals surface area contributed by atoms with Gasteiger partial charge in [-0.2, -0.15) is 0 Å². The van der Waals surface area contributed by atoms with Crippen molar-refractivity contribution in [3.8, 4) is 0 Å². The molecule has 2 N–H and O–H groups in total. The van der Waals surface area contributed by atoms with E-state index in [-0.39, 0.29) is 11.3 Å². The second-order valence-corrected chi connectivity index (χ2v) is 4.53. The lowest BCUT2D eigenvalue weighted by Crippen LogP contribution is -2.36. The van der Waals surface area contributed by atoms with Crippen LogP contribution in [0.15, 0.2) is 12.5 Å². The van der Waals surface area contributed by atoms with Crippen molar-refractivity contribution in [3.63, 3.8) is 0 Å². The molecule has 1 saturated carbocycles. The standard InChI is InChI=1S/C11H17N3O/c1-11(4-2-3-5-11)10(15)13-7-9-6-12-8-14-9/h6,8H,2-5,7H2,1H3,(H,12,14)(H,13,15). The lowest BCUT2D eigenvalue weighted by molar-refractivity contribution is -0.130. The van der Waals surface area contributed by atoms with Gasteiger partial charge < -0.3 is 10.3 Å². The highest BCUT2D eigenvalue weighted by Crippen LogP contribution is 2.37. The van der Waals surface area contributed by atoms with Crippen LogP contribution < -0.4 is 5.32 Å². The molecule has 1 fully saturated rings. The second kappa shape index (κ2) is 4.04. The molecular weight excluding hydrogens is 190 g/mol. The molecule has 0 unspecified atom stereocenters. The maximum Gasteiger partial charge on any atom is 0.226 e.